The number of halogens is 3. The maximum absolute atomic E-state index is 13.5. The molecule has 0 unspecified atom stereocenters. The Labute approximate surface area is 232 Å². The van der Waals surface area contributed by atoms with Gasteiger partial charge in [-0.1, -0.05) is 60.8 Å². The van der Waals surface area contributed by atoms with Crippen LogP contribution in [0.1, 0.15) is 43.7 Å². The van der Waals surface area contributed by atoms with Gasteiger partial charge in [-0.25, -0.2) is 0 Å². The van der Waals surface area contributed by atoms with Crippen LogP contribution in [0.15, 0.2) is 59.1 Å². The Hall–Kier alpha value is -2.69. The zero-order valence-corrected chi connectivity index (χ0v) is 23.2. The first-order chi connectivity index (χ1) is 17.6. The number of hydrogen-bond donors (Lipinski definition) is 1. The van der Waals surface area contributed by atoms with Crippen molar-refractivity contribution in [3.63, 3.8) is 0 Å². The third-order valence-electron chi connectivity index (χ3n) is 6.67. The first-order valence-corrected chi connectivity index (χ1v) is 13.0. The Kier molecular flexibility index (Phi) is 8.11. The number of carbonyl (C=O) groups excluding carboxylic acids is 1. The molecule has 1 aliphatic heterocycles. The number of nitrogens with zero attached hydrogens (tertiary/aromatic N) is 2. The highest BCUT2D eigenvalue weighted by Crippen LogP contribution is 2.49. The number of ether oxygens (including phenoxy) is 2. The summed E-state index contributed by atoms with van der Waals surface area (Å²) in [6.45, 7) is 5.23. The molecule has 0 fully saturated rings. The fourth-order valence-corrected chi connectivity index (χ4v) is 5.51. The third kappa shape index (κ3) is 5.61. The Morgan fingerprint density at radius 3 is 2.51 bits per heavy atom. The molecule has 0 radical (unpaired) electrons. The van der Waals surface area contributed by atoms with Crippen molar-refractivity contribution in [3.05, 3.63) is 85.3 Å². The van der Waals surface area contributed by atoms with Crippen LogP contribution in [0.4, 0.5) is 0 Å². The minimum absolute atomic E-state index is 0.00924. The fourth-order valence-electron chi connectivity index (χ4n) is 4.95. The van der Waals surface area contributed by atoms with Gasteiger partial charge < -0.3 is 20.1 Å². The number of benzene rings is 2. The van der Waals surface area contributed by atoms with E-state index in [9.17, 15) is 10.1 Å². The van der Waals surface area contributed by atoms with E-state index in [4.69, 9.17) is 50.0 Å². The maximum Gasteiger partial charge on any atom is 0.162 e. The molecular weight excluding hydrogens is 533 g/mol. The van der Waals surface area contributed by atoms with Gasteiger partial charge in [0.15, 0.2) is 5.78 Å². The SMILES string of the molecule is COCCN1C(N)=C(C#N)[C@@H](c2ccc(OCc3ccc(Cl)c(Cl)c3)c(Cl)c2)C2=C1CC(C)(C)CC2=O. The lowest BCUT2D eigenvalue weighted by Gasteiger charge is -2.43. The van der Waals surface area contributed by atoms with Crippen molar-refractivity contribution in [2.45, 2.75) is 39.2 Å². The average Bonchev–Trinajstić information content (AvgIpc) is 2.83. The van der Waals surface area contributed by atoms with E-state index in [1.54, 1.807) is 31.4 Å². The van der Waals surface area contributed by atoms with E-state index < -0.39 is 5.92 Å². The lowest BCUT2D eigenvalue weighted by Crippen LogP contribution is -2.43. The van der Waals surface area contributed by atoms with Crippen LogP contribution < -0.4 is 10.5 Å². The summed E-state index contributed by atoms with van der Waals surface area (Å²) in [5.74, 6) is 0.207. The number of carbonyl (C=O) groups is 1. The highest BCUT2D eigenvalue weighted by Gasteiger charge is 2.44. The van der Waals surface area contributed by atoms with Gasteiger partial charge in [-0.2, -0.15) is 5.26 Å². The second-order valence-corrected chi connectivity index (χ2v) is 11.2. The summed E-state index contributed by atoms with van der Waals surface area (Å²) in [4.78, 5) is 15.4. The van der Waals surface area contributed by atoms with Crippen molar-refractivity contribution in [2.24, 2.45) is 11.1 Å². The molecule has 1 heterocycles. The summed E-state index contributed by atoms with van der Waals surface area (Å²) >= 11 is 18.7. The van der Waals surface area contributed by atoms with Crippen molar-refractivity contribution in [3.8, 4) is 11.8 Å². The smallest absolute Gasteiger partial charge is 0.162 e. The Morgan fingerprint density at radius 1 is 1.11 bits per heavy atom. The molecule has 0 spiro atoms. The number of nitrogens with two attached hydrogens (primary N) is 1. The first kappa shape index (κ1) is 27.3. The van der Waals surface area contributed by atoms with Crippen molar-refractivity contribution in [1.29, 1.82) is 5.26 Å². The Morgan fingerprint density at radius 2 is 1.86 bits per heavy atom. The van der Waals surface area contributed by atoms with Crippen LogP contribution in [-0.4, -0.2) is 30.9 Å². The van der Waals surface area contributed by atoms with Crippen molar-refractivity contribution in [2.75, 3.05) is 20.3 Å². The molecular formula is C28H28Cl3N3O3. The van der Waals surface area contributed by atoms with Gasteiger partial charge >= 0.3 is 0 Å². The molecule has 0 saturated carbocycles. The number of ketones is 1. The van der Waals surface area contributed by atoms with Gasteiger partial charge in [0.2, 0.25) is 0 Å². The Balaban J connectivity index is 1.71. The van der Waals surface area contributed by atoms with Crippen molar-refractivity contribution in [1.82, 2.24) is 4.90 Å². The second-order valence-electron chi connectivity index (χ2n) is 10.0. The maximum atomic E-state index is 13.5. The minimum atomic E-state index is -0.607. The summed E-state index contributed by atoms with van der Waals surface area (Å²) in [7, 11) is 1.61. The normalized spacial score (nSPS) is 19.1. The quantitative estimate of drug-likeness (QED) is 0.410. The van der Waals surface area contributed by atoms with Crippen LogP contribution >= 0.6 is 34.8 Å². The highest BCUT2D eigenvalue weighted by atomic mass is 35.5. The number of Topliss-reactive ketones (excluding diaryl/α,β-unsaturated/α-hetero) is 1. The van der Waals surface area contributed by atoms with Crippen molar-refractivity contribution < 1.29 is 14.3 Å². The van der Waals surface area contributed by atoms with Crippen LogP contribution in [0.25, 0.3) is 0 Å². The fraction of sp³-hybridized carbons (Fsp3) is 0.357. The van der Waals surface area contributed by atoms with Gasteiger partial charge in [-0.3, -0.25) is 4.79 Å². The molecule has 1 aliphatic carbocycles. The zero-order chi connectivity index (χ0) is 26.9. The van der Waals surface area contributed by atoms with Crippen LogP contribution in [0.3, 0.4) is 0 Å². The van der Waals surface area contributed by atoms with Crippen LogP contribution in [-0.2, 0) is 16.1 Å². The molecule has 194 valence electrons. The molecule has 2 aromatic carbocycles. The number of allylic oxidation sites excluding steroid dienone is 3. The van der Waals surface area contributed by atoms with Gasteiger partial charge in [0.05, 0.1) is 39.2 Å². The molecule has 1 atom stereocenters. The molecule has 0 aromatic heterocycles. The van der Waals surface area contributed by atoms with E-state index >= 15 is 0 Å². The molecule has 0 amide bonds. The van der Waals surface area contributed by atoms with Gasteiger partial charge in [0.25, 0.3) is 0 Å². The van der Waals surface area contributed by atoms with Crippen LogP contribution in [0.5, 0.6) is 5.75 Å². The molecule has 6 nitrogen and oxygen atoms in total. The largest absolute Gasteiger partial charge is 0.487 e. The summed E-state index contributed by atoms with van der Waals surface area (Å²) in [6.07, 6.45) is 1.05. The minimum Gasteiger partial charge on any atom is -0.487 e. The molecule has 2 aliphatic rings. The number of nitriles is 1. The van der Waals surface area contributed by atoms with Gasteiger partial charge in [0, 0.05) is 31.3 Å². The second kappa shape index (κ2) is 11.0. The summed E-state index contributed by atoms with van der Waals surface area (Å²) in [5, 5.41) is 11.4. The molecule has 2 aromatic rings. The first-order valence-electron chi connectivity index (χ1n) is 11.8. The average molecular weight is 561 g/mol. The molecule has 37 heavy (non-hydrogen) atoms. The third-order valence-corrected chi connectivity index (χ3v) is 7.71. The summed E-state index contributed by atoms with van der Waals surface area (Å²) in [5.41, 5.74) is 9.63. The van der Waals surface area contributed by atoms with Crippen LogP contribution in [0, 0.1) is 16.7 Å². The molecule has 4 rings (SSSR count). The van der Waals surface area contributed by atoms with Gasteiger partial charge in [0.1, 0.15) is 18.2 Å². The number of hydrogen-bond acceptors (Lipinski definition) is 6. The predicted octanol–water partition coefficient (Wildman–Crippen LogP) is 6.61. The number of methoxy groups -OCH3 is 1. The lowest BCUT2D eigenvalue weighted by atomic mass is 9.68. The molecule has 0 bridgehead atoms. The number of rotatable bonds is 7. The van der Waals surface area contributed by atoms with E-state index in [1.165, 1.54) is 0 Å². The molecule has 2 N–H and O–H groups in total. The van der Waals surface area contributed by atoms with E-state index in [0.717, 1.165) is 11.3 Å². The Bertz CT molecular complexity index is 1340. The highest BCUT2D eigenvalue weighted by molar-refractivity contribution is 6.42. The van der Waals surface area contributed by atoms with Gasteiger partial charge in [-0.05, 0) is 47.2 Å². The lowest BCUT2D eigenvalue weighted by molar-refractivity contribution is -0.118. The van der Waals surface area contributed by atoms with E-state index in [2.05, 4.69) is 19.9 Å². The van der Waals surface area contributed by atoms with Crippen molar-refractivity contribution >= 4 is 40.6 Å². The summed E-state index contributed by atoms with van der Waals surface area (Å²) < 4.78 is 11.2. The monoisotopic (exact) mass is 559 g/mol. The van der Waals surface area contributed by atoms with E-state index in [1.807, 2.05) is 17.0 Å². The predicted molar refractivity (Wildman–Crippen MR) is 145 cm³/mol. The van der Waals surface area contributed by atoms with E-state index in [-0.39, 0.29) is 17.8 Å². The topological polar surface area (TPSA) is 88.6 Å². The van der Waals surface area contributed by atoms with E-state index in [0.29, 0.717) is 69.3 Å². The molecule has 9 heteroatoms. The van der Waals surface area contributed by atoms with Gasteiger partial charge in [-0.15, -0.1) is 0 Å². The van der Waals surface area contributed by atoms with Crippen LogP contribution in [0.2, 0.25) is 15.1 Å². The summed E-state index contributed by atoms with van der Waals surface area (Å²) in [6, 6.07) is 12.8. The zero-order valence-electron chi connectivity index (χ0n) is 20.9. The molecule has 0 saturated heterocycles. The standard InChI is InChI=1S/C28H28Cl3N3O3/c1-28(2)12-22-26(23(35)13-28)25(18(14-32)27(33)34(22)8-9-36-3)17-5-7-24(21(31)11-17)37-15-16-4-6-19(29)20(30)10-16/h4-7,10-11,25H,8-9,12-13,15,33H2,1-3H3/t25-/m1/s1.